The summed E-state index contributed by atoms with van der Waals surface area (Å²) in [6, 6.07) is 4.87. The predicted molar refractivity (Wildman–Crippen MR) is 72.2 cm³/mol. The number of methoxy groups -OCH3 is 1. The molecule has 0 aliphatic carbocycles. The normalized spacial score (nSPS) is 9.22. The van der Waals surface area contributed by atoms with Gasteiger partial charge in [0.15, 0.2) is 5.12 Å². The van der Waals surface area contributed by atoms with E-state index >= 15 is 0 Å². The number of hydrogen-bond donors (Lipinski definition) is 1. The fourth-order valence-electron chi connectivity index (χ4n) is 1.21. The van der Waals surface area contributed by atoms with Crippen LogP contribution in [0, 0.1) is 11.8 Å². The molecule has 5 heteroatoms. The summed E-state index contributed by atoms with van der Waals surface area (Å²) in [5.74, 6) is 5.68. The van der Waals surface area contributed by atoms with Gasteiger partial charge in [0.25, 0.3) is 0 Å². The van der Waals surface area contributed by atoms with Crippen LogP contribution in [0.5, 0.6) is 0 Å². The van der Waals surface area contributed by atoms with Crippen molar-refractivity contribution in [1.82, 2.24) is 0 Å². The van der Waals surface area contributed by atoms with Crippen LogP contribution < -0.4 is 5.73 Å². The van der Waals surface area contributed by atoms with Crippen LogP contribution in [0.2, 0.25) is 0 Å². The van der Waals surface area contributed by atoms with E-state index < -0.39 is 5.97 Å². The van der Waals surface area contributed by atoms with Gasteiger partial charge in [-0.3, -0.25) is 4.79 Å². The smallest absolute Gasteiger partial charge is 0.339 e. The Balaban J connectivity index is 2.78. The molecule has 0 radical (unpaired) electrons. The number of benzene rings is 1. The van der Waals surface area contributed by atoms with Crippen molar-refractivity contribution in [2.45, 2.75) is 6.92 Å². The lowest BCUT2D eigenvalue weighted by atomic mass is 10.1. The molecule has 1 aromatic rings. The SMILES string of the molecule is COC(=O)c1ccc(C#CCSC(C)=O)cc1N. The van der Waals surface area contributed by atoms with Crippen molar-refractivity contribution in [3.8, 4) is 11.8 Å². The molecule has 94 valence electrons. The lowest BCUT2D eigenvalue weighted by Gasteiger charge is -2.03. The quantitative estimate of drug-likeness (QED) is 0.499. The Morgan fingerprint density at radius 3 is 2.72 bits per heavy atom. The number of nitrogen functional groups attached to an aromatic ring is 1. The zero-order valence-electron chi connectivity index (χ0n) is 10.1. The number of rotatable bonds is 2. The minimum Gasteiger partial charge on any atom is -0.465 e. The number of hydrogen-bond acceptors (Lipinski definition) is 5. The van der Waals surface area contributed by atoms with Crippen molar-refractivity contribution in [3.63, 3.8) is 0 Å². The van der Waals surface area contributed by atoms with Crippen LogP contribution in [-0.4, -0.2) is 23.9 Å². The number of carbonyl (C=O) groups excluding carboxylic acids is 2. The van der Waals surface area contributed by atoms with Crippen molar-refractivity contribution in [2.24, 2.45) is 0 Å². The van der Waals surface area contributed by atoms with Gasteiger partial charge < -0.3 is 10.5 Å². The fraction of sp³-hybridized carbons (Fsp3) is 0.231. The lowest BCUT2D eigenvalue weighted by Crippen LogP contribution is -2.05. The second kappa shape index (κ2) is 6.72. The van der Waals surface area contributed by atoms with E-state index in [1.54, 1.807) is 18.2 Å². The molecule has 0 spiro atoms. The molecule has 0 heterocycles. The van der Waals surface area contributed by atoms with Gasteiger partial charge in [-0.2, -0.15) is 0 Å². The van der Waals surface area contributed by atoms with Crippen molar-refractivity contribution in [3.05, 3.63) is 29.3 Å². The second-order valence-electron chi connectivity index (χ2n) is 3.38. The van der Waals surface area contributed by atoms with Crippen LogP contribution in [0.1, 0.15) is 22.8 Å². The van der Waals surface area contributed by atoms with Gasteiger partial charge in [-0.15, -0.1) is 0 Å². The molecule has 0 aliphatic rings. The van der Waals surface area contributed by atoms with Gasteiger partial charge in [0.1, 0.15) is 0 Å². The Morgan fingerprint density at radius 1 is 1.44 bits per heavy atom. The minimum atomic E-state index is -0.473. The van der Waals surface area contributed by atoms with E-state index in [4.69, 9.17) is 5.73 Å². The molecule has 0 bridgehead atoms. The van der Waals surface area contributed by atoms with E-state index in [0.29, 0.717) is 22.6 Å². The molecule has 0 aromatic heterocycles. The van der Waals surface area contributed by atoms with E-state index in [1.165, 1.54) is 14.0 Å². The highest BCUT2D eigenvalue weighted by Gasteiger charge is 2.09. The van der Waals surface area contributed by atoms with Crippen LogP contribution in [0.4, 0.5) is 5.69 Å². The molecule has 2 N–H and O–H groups in total. The minimum absolute atomic E-state index is 0.0323. The number of esters is 1. The maximum absolute atomic E-state index is 11.3. The monoisotopic (exact) mass is 263 g/mol. The predicted octanol–water partition coefficient (Wildman–Crippen LogP) is 1.69. The van der Waals surface area contributed by atoms with Crippen LogP contribution in [0.25, 0.3) is 0 Å². The van der Waals surface area contributed by atoms with Gasteiger partial charge in [0.2, 0.25) is 0 Å². The van der Waals surface area contributed by atoms with Gasteiger partial charge in [0, 0.05) is 18.2 Å². The first-order valence-corrected chi connectivity index (χ1v) is 6.13. The van der Waals surface area contributed by atoms with E-state index in [0.717, 1.165) is 11.8 Å². The number of anilines is 1. The first kappa shape index (κ1) is 14.1. The van der Waals surface area contributed by atoms with Gasteiger partial charge in [-0.25, -0.2) is 4.79 Å². The molecule has 1 aromatic carbocycles. The molecule has 0 saturated heterocycles. The molecule has 1 rings (SSSR count). The van der Waals surface area contributed by atoms with Crippen molar-refractivity contribution < 1.29 is 14.3 Å². The van der Waals surface area contributed by atoms with Crippen LogP contribution in [0.15, 0.2) is 18.2 Å². The van der Waals surface area contributed by atoms with Crippen LogP contribution in [0.3, 0.4) is 0 Å². The number of carbonyl (C=O) groups is 2. The molecule has 0 fully saturated rings. The van der Waals surface area contributed by atoms with E-state index in [9.17, 15) is 9.59 Å². The Bertz CT molecular complexity index is 529. The topological polar surface area (TPSA) is 69.4 Å². The largest absolute Gasteiger partial charge is 0.465 e. The highest BCUT2D eigenvalue weighted by atomic mass is 32.2. The first-order chi connectivity index (χ1) is 8.54. The Morgan fingerprint density at radius 2 is 2.17 bits per heavy atom. The molecular weight excluding hydrogens is 250 g/mol. The molecule has 0 atom stereocenters. The zero-order chi connectivity index (χ0) is 13.5. The van der Waals surface area contributed by atoms with Crippen molar-refractivity contribution in [1.29, 1.82) is 0 Å². The lowest BCUT2D eigenvalue weighted by molar-refractivity contribution is -0.109. The first-order valence-electron chi connectivity index (χ1n) is 5.14. The molecule has 0 unspecified atom stereocenters. The van der Waals surface area contributed by atoms with Gasteiger partial charge in [-0.05, 0) is 18.2 Å². The standard InChI is InChI=1S/C13H13NO3S/c1-9(15)18-7-3-4-10-5-6-11(12(14)8-10)13(16)17-2/h5-6,8H,7,14H2,1-2H3. The van der Waals surface area contributed by atoms with E-state index in [2.05, 4.69) is 16.6 Å². The Kier molecular flexibility index (Phi) is 5.28. The molecule has 0 amide bonds. The summed E-state index contributed by atoms with van der Waals surface area (Å²) in [6.45, 7) is 1.50. The molecule has 4 nitrogen and oxygen atoms in total. The van der Waals surface area contributed by atoms with Gasteiger partial charge >= 0.3 is 5.97 Å². The highest BCUT2D eigenvalue weighted by molar-refractivity contribution is 8.13. The zero-order valence-corrected chi connectivity index (χ0v) is 11.0. The second-order valence-corrected chi connectivity index (χ2v) is 4.53. The summed E-state index contributed by atoms with van der Waals surface area (Å²) >= 11 is 1.15. The van der Waals surface area contributed by atoms with Crippen LogP contribution in [-0.2, 0) is 9.53 Å². The average molecular weight is 263 g/mol. The number of ether oxygens (including phenoxy) is 1. The fourth-order valence-corrected chi connectivity index (χ4v) is 1.56. The molecule has 0 aliphatic heterocycles. The van der Waals surface area contributed by atoms with E-state index in [1.807, 2.05) is 0 Å². The summed E-state index contributed by atoms with van der Waals surface area (Å²) in [5, 5.41) is 0.0323. The molecular formula is C13H13NO3S. The third kappa shape index (κ3) is 4.15. The van der Waals surface area contributed by atoms with Crippen molar-refractivity contribution >= 4 is 28.5 Å². The van der Waals surface area contributed by atoms with Crippen molar-refractivity contribution in [2.75, 3.05) is 18.6 Å². The third-order valence-corrected chi connectivity index (χ3v) is 2.73. The number of nitrogens with two attached hydrogens (primary N) is 1. The highest BCUT2D eigenvalue weighted by Crippen LogP contribution is 2.14. The van der Waals surface area contributed by atoms with Gasteiger partial charge in [0.05, 0.1) is 18.4 Å². The third-order valence-electron chi connectivity index (χ3n) is 2.04. The maximum Gasteiger partial charge on any atom is 0.339 e. The Labute approximate surface area is 110 Å². The van der Waals surface area contributed by atoms with E-state index in [-0.39, 0.29) is 5.12 Å². The summed E-state index contributed by atoms with van der Waals surface area (Å²) in [5.41, 5.74) is 7.07. The summed E-state index contributed by atoms with van der Waals surface area (Å²) in [4.78, 5) is 22.0. The molecule has 18 heavy (non-hydrogen) atoms. The summed E-state index contributed by atoms with van der Waals surface area (Å²) in [6.07, 6.45) is 0. The summed E-state index contributed by atoms with van der Waals surface area (Å²) in [7, 11) is 1.30. The maximum atomic E-state index is 11.3. The molecule has 0 saturated carbocycles. The van der Waals surface area contributed by atoms with Crippen LogP contribution >= 0.6 is 11.8 Å². The summed E-state index contributed by atoms with van der Waals surface area (Å²) < 4.78 is 4.59. The average Bonchev–Trinajstić information content (AvgIpc) is 2.33. The van der Waals surface area contributed by atoms with Gasteiger partial charge in [-0.1, -0.05) is 23.6 Å². The number of thioether (sulfide) groups is 1. The Hall–Kier alpha value is -1.93.